The van der Waals surface area contributed by atoms with E-state index in [1.165, 1.54) is 18.4 Å². The van der Waals surface area contributed by atoms with Crippen LogP contribution in [-0.4, -0.2) is 21.3 Å². The summed E-state index contributed by atoms with van der Waals surface area (Å²) >= 11 is 0. The predicted octanol–water partition coefficient (Wildman–Crippen LogP) is 3.27. The largest absolute Gasteiger partial charge is 0.396 e. The predicted molar refractivity (Wildman–Crippen MR) is 75.7 cm³/mol. The lowest BCUT2D eigenvalue weighted by Gasteiger charge is -2.30. The van der Waals surface area contributed by atoms with Gasteiger partial charge in [0.05, 0.1) is 0 Å². The van der Waals surface area contributed by atoms with Crippen LogP contribution in [0.4, 0.5) is 0 Å². The molecule has 3 heteroatoms. The summed E-state index contributed by atoms with van der Waals surface area (Å²) in [4.78, 5) is 4.51. The first kappa shape index (κ1) is 12.4. The van der Waals surface area contributed by atoms with Crippen molar-refractivity contribution in [3.8, 4) is 11.4 Å². The molecule has 0 radical (unpaired) electrons. The average Bonchev–Trinajstić information content (AvgIpc) is 2.98. The maximum absolute atomic E-state index is 9.37. The summed E-state index contributed by atoms with van der Waals surface area (Å²) in [7, 11) is 0. The Morgan fingerprint density at radius 1 is 1.21 bits per heavy atom. The maximum Gasteiger partial charge on any atom is 0.140 e. The third kappa shape index (κ3) is 2.56. The minimum Gasteiger partial charge on any atom is -0.396 e. The Hall–Kier alpha value is -1.61. The van der Waals surface area contributed by atoms with Gasteiger partial charge in [0.2, 0.25) is 0 Å². The molecule has 2 atom stereocenters. The summed E-state index contributed by atoms with van der Waals surface area (Å²) in [6.45, 7) is 0.311. The van der Waals surface area contributed by atoms with Crippen molar-refractivity contribution in [2.45, 2.75) is 31.7 Å². The number of benzene rings is 1. The normalized spacial score (nSPS) is 23.4. The topological polar surface area (TPSA) is 38.0 Å². The van der Waals surface area contributed by atoms with Crippen molar-refractivity contribution < 1.29 is 5.11 Å². The zero-order valence-corrected chi connectivity index (χ0v) is 11.1. The van der Waals surface area contributed by atoms with Gasteiger partial charge in [-0.05, 0) is 25.2 Å². The van der Waals surface area contributed by atoms with E-state index in [9.17, 15) is 5.11 Å². The monoisotopic (exact) mass is 256 g/mol. The van der Waals surface area contributed by atoms with Gasteiger partial charge < -0.3 is 9.67 Å². The van der Waals surface area contributed by atoms with Crippen LogP contribution in [-0.2, 0) is 0 Å². The molecule has 0 unspecified atom stereocenters. The minimum atomic E-state index is 0.311. The van der Waals surface area contributed by atoms with Gasteiger partial charge >= 0.3 is 0 Å². The molecule has 1 aliphatic carbocycles. The van der Waals surface area contributed by atoms with E-state index in [1.54, 1.807) is 0 Å². The molecular formula is C16H20N2O. The highest BCUT2D eigenvalue weighted by molar-refractivity contribution is 5.55. The van der Waals surface area contributed by atoms with Crippen LogP contribution in [0, 0.1) is 5.92 Å². The molecule has 3 rings (SSSR count). The molecule has 1 N–H and O–H groups in total. The average molecular weight is 256 g/mol. The van der Waals surface area contributed by atoms with E-state index in [2.05, 4.69) is 27.9 Å². The molecular weight excluding hydrogens is 236 g/mol. The molecule has 0 aliphatic heterocycles. The first-order chi connectivity index (χ1) is 9.38. The smallest absolute Gasteiger partial charge is 0.140 e. The Bertz CT molecular complexity index is 521. The zero-order valence-electron chi connectivity index (χ0n) is 11.1. The molecule has 0 saturated heterocycles. The fourth-order valence-corrected chi connectivity index (χ4v) is 3.10. The number of rotatable bonds is 3. The lowest BCUT2D eigenvalue weighted by atomic mass is 9.86. The molecule has 1 aromatic heterocycles. The van der Waals surface area contributed by atoms with Crippen LogP contribution in [0.5, 0.6) is 0 Å². The van der Waals surface area contributed by atoms with Crippen molar-refractivity contribution in [2.24, 2.45) is 5.92 Å². The second-order valence-electron chi connectivity index (χ2n) is 5.39. The van der Waals surface area contributed by atoms with Gasteiger partial charge in [-0.2, -0.15) is 0 Å². The van der Waals surface area contributed by atoms with E-state index in [-0.39, 0.29) is 0 Å². The molecule has 2 aromatic rings. The van der Waals surface area contributed by atoms with Gasteiger partial charge in [-0.15, -0.1) is 0 Å². The van der Waals surface area contributed by atoms with Crippen LogP contribution in [0.3, 0.4) is 0 Å². The van der Waals surface area contributed by atoms with Gasteiger partial charge in [0.1, 0.15) is 5.82 Å². The van der Waals surface area contributed by atoms with E-state index in [1.807, 2.05) is 24.4 Å². The molecule has 1 heterocycles. The SMILES string of the molecule is OC[C@H]1CCC[C@@H](n2ccnc2-c2ccccc2)C1. The van der Waals surface area contributed by atoms with E-state index in [4.69, 9.17) is 0 Å². The third-order valence-electron chi connectivity index (χ3n) is 4.11. The summed E-state index contributed by atoms with van der Waals surface area (Å²) in [5.41, 5.74) is 1.17. The third-order valence-corrected chi connectivity index (χ3v) is 4.11. The van der Waals surface area contributed by atoms with Crippen molar-refractivity contribution in [1.29, 1.82) is 0 Å². The Kier molecular flexibility index (Phi) is 3.65. The molecule has 100 valence electrons. The number of aliphatic hydroxyl groups is 1. The molecule has 1 fully saturated rings. The van der Waals surface area contributed by atoms with Gasteiger partial charge in [0.25, 0.3) is 0 Å². The summed E-state index contributed by atoms with van der Waals surface area (Å²) in [5, 5.41) is 9.37. The number of aliphatic hydroxyl groups excluding tert-OH is 1. The van der Waals surface area contributed by atoms with Crippen LogP contribution < -0.4 is 0 Å². The fourth-order valence-electron chi connectivity index (χ4n) is 3.10. The van der Waals surface area contributed by atoms with E-state index in [0.717, 1.165) is 18.7 Å². The Balaban J connectivity index is 1.88. The van der Waals surface area contributed by atoms with Crippen molar-refractivity contribution >= 4 is 0 Å². The lowest BCUT2D eigenvalue weighted by molar-refractivity contribution is 0.163. The molecule has 1 aliphatic rings. The molecule has 0 bridgehead atoms. The highest BCUT2D eigenvalue weighted by Crippen LogP contribution is 2.34. The second-order valence-corrected chi connectivity index (χ2v) is 5.39. The zero-order chi connectivity index (χ0) is 13.1. The highest BCUT2D eigenvalue weighted by Gasteiger charge is 2.24. The van der Waals surface area contributed by atoms with Crippen molar-refractivity contribution in [3.63, 3.8) is 0 Å². The summed E-state index contributed by atoms with van der Waals surface area (Å²) < 4.78 is 2.29. The number of imidazole rings is 1. The highest BCUT2D eigenvalue weighted by atomic mass is 16.3. The minimum absolute atomic E-state index is 0.311. The second kappa shape index (κ2) is 5.57. The van der Waals surface area contributed by atoms with E-state index in [0.29, 0.717) is 18.6 Å². The molecule has 0 spiro atoms. The van der Waals surface area contributed by atoms with Gasteiger partial charge in [-0.3, -0.25) is 0 Å². The standard InChI is InChI=1S/C16H20N2O/c19-12-13-5-4-8-15(11-13)18-10-9-17-16(18)14-6-2-1-3-7-14/h1-3,6-7,9-10,13,15,19H,4-5,8,11-12H2/t13-,15+/m0/s1. The number of hydrogen-bond acceptors (Lipinski definition) is 2. The van der Waals surface area contributed by atoms with E-state index < -0.39 is 0 Å². The molecule has 1 saturated carbocycles. The first-order valence-corrected chi connectivity index (χ1v) is 7.07. The molecule has 3 nitrogen and oxygen atoms in total. The van der Waals surface area contributed by atoms with Crippen molar-refractivity contribution in [1.82, 2.24) is 9.55 Å². The van der Waals surface area contributed by atoms with E-state index >= 15 is 0 Å². The quantitative estimate of drug-likeness (QED) is 0.915. The van der Waals surface area contributed by atoms with Gasteiger partial charge in [-0.25, -0.2) is 4.98 Å². The number of nitrogens with zero attached hydrogens (tertiary/aromatic N) is 2. The summed E-state index contributed by atoms with van der Waals surface area (Å²) in [6, 6.07) is 10.8. The fraction of sp³-hybridized carbons (Fsp3) is 0.438. The van der Waals surface area contributed by atoms with Gasteiger partial charge in [-0.1, -0.05) is 36.8 Å². The van der Waals surface area contributed by atoms with Gasteiger partial charge in [0, 0.05) is 30.6 Å². The van der Waals surface area contributed by atoms with Crippen LogP contribution in [0.1, 0.15) is 31.7 Å². The maximum atomic E-state index is 9.37. The van der Waals surface area contributed by atoms with Crippen molar-refractivity contribution in [2.75, 3.05) is 6.61 Å². The molecule has 19 heavy (non-hydrogen) atoms. The Labute approximate surface area is 113 Å². The van der Waals surface area contributed by atoms with Gasteiger partial charge in [0.15, 0.2) is 0 Å². The molecule has 1 aromatic carbocycles. The Morgan fingerprint density at radius 2 is 2.05 bits per heavy atom. The van der Waals surface area contributed by atoms with Crippen LogP contribution >= 0.6 is 0 Å². The first-order valence-electron chi connectivity index (χ1n) is 7.07. The van der Waals surface area contributed by atoms with Crippen LogP contribution in [0.2, 0.25) is 0 Å². The van der Waals surface area contributed by atoms with Crippen LogP contribution in [0.25, 0.3) is 11.4 Å². The van der Waals surface area contributed by atoms with Crippen LogP contribution in [0.15, 0.2) is 42.7 Å². The number of hydrogen-bond donors (Lipinski definition) is 1. The lowest BCUT2D eigenvalue weighted by Crippen LogP contribution is -2.21. The Morgan fingerprint density at radius 3 is 2.84 bits per heavy atom. The summed E-state index contributed by atoms with van der Waals surface area (Å²) in [6.07, 6.45) is 8.56. The summed E-state index contributed by atoms with van der Waals surface area (Å²) in [5.74, 6) is 1.49. The number of aromatic nitrogens is 2. The van der Waals surface area contributed by atoms with Crippen molar-refractivity contribution in [3.05, 3.63) is 42.7 Å². The molecule has 0 amide bonds.